The summed E-state index contributed by atoms with van der Waals surface area (Å²) >= 11 is 0. The molecule has 1 unspecified atom stereocenters. The second-order valence-corrected chi connectivity index (χ2v) is 5.68. The van der Waals surface area contributed by atoms with Crippen molar-refractivity contribution in [1.82, 2.24) is 0 Å². The minimum absolute atomic E-state index is 0.822. The van der Waals surface area contributed by atoms with Crippen molar-refractivity contribution in [2.24, 2.45) is 17.8 Å². The fraction of sp³-hybridized carbons (Fsp3) is 0.750. The summed E-state index contributed by atoms with van der Waals surface area (Å²) in [6.45, 7) is 4.76. The van der Waals surface area contributed by atoms with Gasteiger partial charge in [0.1, 0.15) is 0 Å². The maximum atomic E-state index is 2.60. The van der Waals surface area contributed by atoms with Gasteiger partial charge in [-0.3, -0.25) is 0 Å². The molecule has 3 rings (SSSR count). The van der Waals surface area contributed by atoms with Crippen LogP contribution in [0.3, 0.4) is 0 Å². The maximum Gasteiger partial charge on any atom is -0.0139 e. The van der Waals surface area contributed by atoms with Crippen LogP contribution in [0, 0.1) is 17.8 Å². The van der Waals surface area contributed by atoms with E-state index in [1.54, 1.807) is 5.57 Å². The van der Waals surface area contributed by atoms with E-state index in [1.165, 1.54) is 44.9 Å². The Balaban J connectivity index is 2.14. The molecule has 16 heavy (non-hydrogen) atoms. The molecule has 3 atom stereocenters. The minimum atomic E-state index is 0.822. The summed E-state index contributed by atoms with van der Waals surface area (Å²) < 4.78 is 0. The van der Waals surface area contributed by atoms with Crippen molar-refractivity contribution in [3.8, 4) is 0 Å². The van der Waals surface area contributed by atoms with Crippen molar-refractivity contribution < 1.29 is 0 Å². The topological polar surface area (TPSA) is 0 Å². The van der Waals surface area contributed by atoms with Crippen LogP contribution in [0.25, 0.3) is 0 Å². The molecule has 3 aliphatic rings. The Labute approximate surface area is 101 Å². The van der Waals surface area contributed by atoms with Gasteiger partial charge < -0.3 is 0 Å². The van der Waals surface area contributed by atoms with E-state index >= 15 is 0 Å². The molecule has 90 valence electrons. The first-order chi connectivity index (χ1) is 7.81. The third-order valence-corrected chi connectivity index (χ3v) is 4.51. The number of hydrogen-bond donors (Lipinski definition) is 0. The third-order valence-electron chi connectivity index (χ3n) is 4.51. The summed E-state index contributed by atoms with van der Waals surface area (Å²) in [5.41, 5.74) is 1.61. The van der Waals surface area contributed by atoms with Gasteiger partial charge in [-0.25, -0.2) is 0 Å². The van der Waals surface area contributed by atoms with Crippen LogP contribution in [0.5, 0.6) is 0 Å². The predicted molar refractivity (Wildman–Crippen MR) is 71.4 cm³/mol. The molecule has 0 nitrogen and oxygen atoms in total. The van der Waals surface area contributed by atoms with Crippen LogP contribution in [-0.4, -0.2) is 0 Å². The van der Waals surface area contributed by atoms with E-state index in [-0.39, 0.29) is 0 Å². The normalized spacial score (nSPS) is 32.2. The standard InChI is InChI=1S/C16H26/c1-3-13(2)16-12-14-8-6-4-5-7-9-15(16)11-10-14/h10-13,15-16H,3-9H2,1-2H3/t13?,15-,16-/m1/s1. The zero-order valence-electron chi connectivity index (χ0n) is 10.9. The molecule has 0 amide bonds. The smallest absolute Gasteiger partial charge is 0.0139 e. The first kappa shape index (κ1) is 12.0. The Hall–Kier alpha value is -0.520. The largest absolute Gasteiger partial charge is 0.0806 e. The van der Waals surface area contributed by atoms with Gasteiger partial charge in [-0.15, -0.1) is 0 Å². The van der Waals surface area contributed by atoms with Crippen molar-refractivity contribution in [3.63, 3.8) is 0 Å². The SMILES string of the molecule is CCC(C)[C@H]1C=C2C=C[C@H]1CCCCCC2. The van der Waals surface area contributed by atoms with E-state index in [9.17, 15) is 0 Å². The van der Waals surface area contributed by atoms with Crippen LogP contribution >= 0.6 is 0 Å². The van der Waals surface area contributed by atoms with Gasteiger partial charge in [0, 0.05) is 0 Å². The van der Waals surface area contributed by atoms with Crippen LogP contribution in [0.15, 0.2) is 23.8 Å². The summed E-state index contributed by atoms with van der Waals surface area (Å²) in [6, 6.07) is 0. The van der Waals surface area contributed by atoms with Crippen LogP contribution in [0.1, 0.15) is 58.8 Å². The van der Waals surface area contributed by atoms with Gasteiger partial charge in [0.15, 0.2) is 0 Å². The summed E-state index contributed by atoms with van der Waals surface area (Å²) in [5.74, 6) is 2.50. The monoisotopic (exact) mass is 218 g/mol. The molecular formula is C16H26. The van der Waals surface area contributed by atoms with Crippen molar-refractivity contribution in [2.45, 2.75) is 58.8 Å². The quantitative estimate of drug-likeness (QED) is 0.604. The van der Waals surface area contributed by atoms with Gasteiger partial charge in [0.25, 0.3) is 0 Å². The Kier molecular flexibility index (Phi) is 4.26. The highest BCUT2D eigenvalue weighted by atomic mass is 14.3. The molecular weight excluding hydrogens is 192 g/mol. The van der Waals surface area contributed by atoms with Gasteiger partial charge in [-0.05, 0) is 37.0 Å². The molecule has 0 aromatic carbocycles. The number of allylic oxidation sites excluding steroid dienone is 4. The fourth-order valence-corrected chi connectivity index (χ4v) is 3.18. The number of rotatable bonds is 2. The summed E-state index contributed by atoms with van der Waals surface area (Å²) in [4.78, 5) is 0. The Morgan fingerprint density at radius 3 is 2.88 bits per heavy atom. The van der Waals surface area contributed by atoms with E-state index in [0.29, 0.717) is 0 Å². The van der Waals surface area contributed by atoms with Crippen molar-refractivity contribution >= 4 is 0 Å². The molecule has 0 heteroatoms. The average molecular weight is 218 g/mol. The van der Waals surface area contributed by atoms with Crippen molar-refractivity contribution in [2.75, 3.05) is 0 Å². The van der Waals surface area contributed by atoms with E-state index in [2.05, 4.69) is 32.1 Å². The highest BCUT2D eigenvalue weighted by molar-refractivity contribution is 5.26. The van der Waals surface area contributed by atoms with E-state index in [4.69, 9.17) is 0 Å². The zero-order valence-corrected chi connectivity index (χ0v) is 10.9. The molecule has 0 saturated carbocycles. The summed E-state index contributed by atoms with van der Waals surface area (Å²) in [5, 5.41) is 0. The zero-order chi connectivity index (χ0) is 11.4. The second-order valence-electron chi connectivity index (χ2n) is 5.68. The fourth-order valence-electron chi connectivity index (χ4n) is 3.18. The van der Waals surface area contributed by atoms with Gasteiger partial charge in [-0.2, -0.15) is 0 Å². The number of fused-ring (bicyclic) bond motifs is 6. The lowest BCUT2D eigenvalue weighted by molar-refractivity contribution is 0.305. The molecule has 3 aliphatic carbocycles. The lowest BCUT2D eigenvalue weighted by Crippen LogP contribution is -2.21. The molecule has 0 radical (unpaired) electrons. The molecule has 0 aromatic rings. The highest BCUT2D eigenvalue weighted by Crippen LogP contribution is 2.36. The molecule has 0 fully saturated rings. The van der Waals surface area contributed by atoms with E-state index < -0.39 is 0 Å². The predicted octanol–water partition coefficient (Wildman–Crippen LogP) is 5.12. The first-order valence-corrected chi connectivity index (χ1v) is 7.20. The minimum Gasteiger partial charge on any atom is -0.0806 e. The molecule has 0 aromatic heterocycles. The molecule has 0 saturated heterocycles. The number of hydrogen-bond acceptors (Lipinski definition) is 0. The van der Waals surface area contributed by atoms with Crippen LogP contribution < -0.4 is 0 Å². The lowest BCUT2D eigenvalue weighted by Gasteiger charge is -2.31. The average Bonchev–Trinajstić information content (AvgIpc) is 2.35. The molecule has 0 aliphatic heterocycles. The molecule has 0 heterocycles. The Bertz CT molecular complexity index is 272. The van der Waals surface area contributed by atoms with Gasteiger partial charge in [0.2, 0.25) is 0 Å². The molecule has 2 bridgehead atoms. The van der Waals surface area contributed by atoms with Crippen LogP contribution in [0.4, 0.5) is 0 Å². The van der Waals surface area contributed by atoms with Gasteiger partial charge in [0.05, 0.1) is 0 Å². The van der Waals surface area contributed by atoms with Crippen LogP contribution in [0.2, 0.25) is 0 Å². The van der Waals surface area contributed by atoms with Gasteiger partial charge in [-0.1, -0.05) is 63.3 Å². The van der Waals surface area contributed by atoms with E-state index in [1.807, 2.05) is 0 Å². The van der Waals surface area contributed by atoms with E-state index in [0.717, 1.165) is 17.8 Å². The lowest BCUT2D eigenvalue weighted by atomic mass is 9.74. The molecule has 0 spiro atoms. The Morgan fingerprint density at radius 2 is 2.06 bits per heavy atom. The van der Waals surface area contributed by atoms with Crippen molar-refractivity contribution in [3.05, 3.63) is 23.8 Å². The molecule has 0 N–H and O–H groups in total. The van der Waals surface area contributed by atoms with Crippen molar-refractivity contribution in [1.29, 1.82) is 0 Å². The Morgan fingerprint density at radius 1 is 1.25 bits per heavy atom. The van der Waals surface area contributed by atoms with Crippen LogP contribution in [-0.2, 0) is 0 Å². The highest BCUT2D eigenvalue weighted by Gasteiger charge is 2.25. The first-order valence-electron chi connectivity index (χ1n) is 7.20. The summed E-state index contributed by atoms with van der Waals surface area (Å²) in [6.07, 6.45) is 17.3. The summed E-state index contributed by atoms with van der Waals surface area (Å²) in [7, 11) is 0. The second kappa shape index (κ2) is 5.70. The van der Waals surface area contributed by atoms with Gasteiger partial charge >= 0.3 is 0 Å². The third kappa shape index (κ3) is 2.78. The maximum absolute atomic E-state index is 2.60.